The summed E-state index contributed by atoms with van der Waals surface area (Å²) in [6, 6.07) is 6.74. The van der Waals surface area contributed by atoms with Crippen molar-refractivity contribution >= 4 is 11.9 Å². The van der Waals surface area contributed by atoms with Crippen LogP contribution in [-0.2, 0) is 10.3 Å². The van der Waals surface area contributed by atoms with Gasteiger partial charge >= 0.3 is 0 Å². The van der Waals surface area contributed by atoms with Crippen LogP contribution in [0.1, 0.15) is 18.4 Å². The number of rotatable bonds is 2. The van der Waals surface area contributed by atoms with E-state index >= 15 is 0 Å². The molecule has 1 aliphatic carbocycles. The minimum Gasteiger partial charge on any atom is -0.508 e. The zero-order valence-electron chi connectivity index (χ0n) is 10.1. The maximum atomic E-state index is 12.5. The molecule has 0 aromatic heterocycles. The third-order valence-electron chi connectivity index (χ3n) is 3.72. The Bertz CT molecular complexity index is 551. The molecule has 0 saturated heterocycles. The zero-order valence-corrected chi connectivity index (χ0v) is 10.1. The molecule has 1 fully saturated rings. The molecule has 3 rings (SSSR count). The van der Waals surface area contributed by atoms with Gasteiger partial charge in [0.1, 0.15) is 5.75 Å². The number of phenols is 1. The average molecular weight is 245 g/mol. The molecule has 1 saturated carbocycles. The van der Waals surface area contributed by atoms with Crippen molar-refractivity contribution < 1.29 is 9.90 Å². The maximum Gasteiger partial charge on any atom is 0.261 e. The number of aromatic hydroxyl groups is 1. The first-order valence-corrected chi connectivity index (χ1v) is 5.98. The lowest BCUT2D eigenvalue weighted by Gasteiger charge is -2.25. The summed E-state index contributed by atoms with van der Waals surface area (Å²) in [5, 5.41) is 9.60. The number of nitrogens with zero attached hydrogens (tertiary/aromatic N) is 2. The highest BCUT2D eigenvalue weighted by Gasteiger charge is 2.57. The van der Waals surface area contributed by atoms with E-state index in [0.717, 1.165) is 18.4 Å². The van der Waals surface area contributed by atoms with Gasteiger partial charge in [-0.05, 0) is 36.5 Å². The summed E-state index contributed by atoms with van der Waals surface area (Å²) in [4.78, 5) is 18.3. The molecule has 1 atom stereocenters. The van der Waals surface area contributed by atoms with Crippen LogP contribution in [0.25, 0.3) is 0 Å². The predicted octanol–water partition coefficient (Wildman–Crippen LogP) is 0.784. The largest absolute Gasteiger partial charge is 0.508 e. The van der Waals surface area contributed by atoms with Gasteiger partial charge < -0.3 is 10.8 Å². The SMILES string of the molecule is CN1C(=O)C(c2cccc(O)c2)(C2CC2)N=C1N. The third kappa shape index (κ3) is 1.33. The van der Waals surface area contributed by atoms with Crippen molar-refractivity contribution in [3.05, 3.63) is 29.8 Å². The van der Waals surface area contributed by atoms with Gasteiger partial charge in [0.2, 0.25) is 0 Å². The summed E-state index contributed by atoms with van der Waals surface area (Å²) >= 11 is 0. The summed E-state index contributed by atoms with van der Waals surface area (Å²) in [5.41, 5.74) is 5.58. The summed E-state index contributed by atoms with van der Waals surface area (Å²) in [5.74, 6) is 0.474. The minimum atomic E-state index is -0.919. The van der Waals surface area contributed by atoms with Gasteiger partial charge in [-0.15, -0.1) is 0 Å². The maximum absolute atomic E-state index is 12.5. The molecule has 0 radical (unpaired) electrons. The van der Waals surface area contributed by atoms with Gasteiger partial charge in [-0.1, -0.05) is 12.1 Å². The highest BCUT2D eigenvalue weighted by Crippen LogP contribution is 2.51. The van der Waals surface area contributed by atoms with Gasteiger partial charge in [-0.3, -0.25) is 9.69 Å². The summed E-state index contributed by atoms with van der Waals surface area (Å²) in [7, 11) is 1.63. The second kappa shape index (κ2) is 3.48. The highest BCUT2D eigenvalue weighted by molar-refractivity contribution is 6.07. The van der Waals surface area contributed by atoms with E-state index in [1.807, 2.05) is 6.07 Å². The zero-order chi connectivity index (χ0) is 12.9. The first-order valence-electron chi connectivity index (χ1n) is 5.98. The highest BCUT2D eigenvalue weighted by atomic mass is 16.3. The molecule has 1 unspecified atom stereocenters. The molecule has 1 amide bonds. The summed E-state index contributed by atoms with van der Waals surface area (Å²) < 4.78 is 0. The summed E-state index contributed by atoms with van der Waals surface area (Å²) in [6.07, 6.45) is 1.93. The Morgan fingerprint density at radius 3 is 2.72 bits per heavy atom. The number of hydrogen-bond donors (Lipinski definition) is 2. The van der Waals surface area contributed by atoms with Crippen LogP contribution in [0.4, 0.5) is 0 Å². The van der Waals surface area contributed by atoms with Crippen molar-refractivity contribution in [1.82, 2.24) is 4.90 Å². The molecule has 0 bridgehead atoms. The molecule has 3 N–H and O–H groups in total. The van der Waals surface area contributed by atoms with E-state index in [0.29, 0.717) is 0 Å². The van der Waals surface area contributed by atoms with Crippen molar-refractivity contribution in [2.24, 2.45) is 16.6 Å². The van der Waals surface area contributed by atoms with Crippen LogP contribution in [0, 0.1) is 5.92 Å². The van der Waals surface area contributed by atoms with Crippen LogP contribution < -0.4 is 5.73 Å². The number of guanidine groups is 1. The van der Waals surface area contributed by atoms with Gasteiger partial charge in [0.15, 0.2) is 11.5 Å². The van der Waals surface area contributed by atoms with Crippen molar-refractivity contribution in [3.63, 3.8) is 0 Å². The van der Waals surface area contributed by atoms with Crippen LogP contribution in [0.5, 0.6) is 5.75 Å². The van der Waals surface area contributed by atoms with Crippen molar-refractivity contribution in [2.75, 3.05) is 7.05 Å². The Morgan fingerprint density at radius 1 is 1.50 bits per heavy atom. The van der Waals surface area contributed by atoms with Gasteiger partial charge in [0.25, 0.3) is 5.91 Å². The Kier molecular flexibility index (Phi) is 2.14. The van der Waals surface area contributed by atoms with E-state index in [1.165, 1.54) is 4.90 Å². The first-order chi connectivity index (χ1) is 8.55. The molecular weight excluding hydrogens is 230 g/mol. The van der Waals surface area contributed by atoms with Gasteiger partial charge in [0.05, 0.1) is 0 Å². The fourth-order valence-corrected chi connectivity index (χ4v) is 2.60. The molecule has 5 nitrogen and oxygen atoms in total. The van der Waals surface area contributed by atoms with Gasteiger partial charge in [-0.2, -0.15) is 0 Å². The molecule has 2 aliphatic rings. The van der Waals surface area contributed by atoms with Crippen molar-refractivity contribution in [2.45, 2.75) is 18.4 Å². The number of benzene rings is 1. The topological polar surface area (TPSA) is 78.9 Å². The smallest absolute Gasteiger partial charge is 0.261 e. The number of carbonyl (C=O) groups excluding carboxylic acids is 1. The molecule has 94 valence electrons. The minimum absolute atomic E-state index is 0.104. The molecule has 1 aromatic rings. The molecule has 1 aliphatic heterocycles. The predicted molar refractivity (Wildman–Crippen MR) is 66.9 cm³/mol. The normalized spacial score (nSPS) is 27.5. The van der Waals surface area contributed by atoms with Gasteiger partial charge in [-0.25, -0.2) is 4.99 Å². The number of carbonyl (C=O) groups is 1. The molecule has 1 heterocycles. The Labute approximate surface area is 105 Å². The van der Waals surface area contributed by atoms with Crippen LogP contribution in [0.3, 0.4) is 0 Å². The second-order valence-electron chi connectivity index (χ2n) is 4.93. The van der Waals surface area contributed by atoms with Crippen LogP contribution in [0.2, 0.25) is 0 Å². The Balaban J connectivity index is 2.17. The number of phenolic OH excluding ortho intramolecular Hbond substituents is 1. The van der Waals surface area contributed by atoms with E-state index < -0.39 is 5.54 Å². The third-order valence-corrected chi connectivity index (χ3v) is 3.72. The molecule has 5 heteroatoms. The fraction of sp³-hybridized carbons (Fsp3) is 0.385. The number of nitrogens with two attached hydrogens (primary N) is 1. The summed E-state index contributed by atoms with van der Waals surface area (Å²) in [6.45, 7) is 0. The first kappa shape index (κ1) is 11.1. The molecule has 0 spiro atoms. The van der Waals surface area contributed by atoms with E-state index in [4.69, 9.17) is 5.73 Å². The lowest BCUT2D eigenvalue weighted by molar-refractivity contribution is -0.131. The standard InChI is InChI=1S/C13H15N3O2/c1-16-11(18)13(8-5-6-8,15-12(16)14)9-3-2-4-10(17)7-9/h2-4,7-8,17H,5-6H2,1H3,(H2,14,15). The van der Waals surface area contributed by atoms with E-state index in [2.05, 4.69) is 4.99 Å². The Morgan fingerprint density at radius 2 is 2.22 bits per heavy atom. The van der Waals surface area contributed by atoms with Gasteiger partial charge in [0, 0.05) is 7.05 Å². The monoisotopic (exact) mass is 245 g/mol. The fourth-order valence-electron chi connectivity index (χ4n) is 2.60. The van der Waals surface area contributed by atoms with E-state index in [-0.39, 0.29) is 23.5 Å². The lowest BCUT2D eigenvalue weighted by Crippen LogP contribution is -2.41. The quantitative estimate of drug-likeness (QED) is 0.808. The van der Waals surface area contributed by atoms with Crippen molar-refractivity contribution in [1.29, 1.82) is 0 Å². The number of amides is 1. The number of aliphatic imine (C=N–C) groups is 1. The number of likely N-dealkylation sites (N-methyl/N-ethyl adjacent to an activating group) is 1. The average Bonchev–Trinajstić information content (AvgIpc) is 3.15. The van der Waals surface area contributed by atoms with Crippen molar-refractivity contribution in [3.8, 4) is 5.75 Å². The Hall–Kier alpha value is -2.04. The molecule has 18 heavy (non-hydrogen) atoms. The van der Waals surface area contributed by atoms with E-state index in [9.17, 15) is 9.90 Å². The molecular formula is C13H15N3O2. The second-order valence-corrected chi connectivity index (χ2v) is 4.93. The number of hydrogen-bond acceptors (Lipinski definition) is 4. The van der Waals surface area contributed by atoms with E-state index in [1.54, 1.807) is 25.2 Å². The van der Waals surface area contributed by atoms with Crippen LogP contribution >= 0.6 is 0 Å². The van der Waals surface area contributed by atoms with Crippen LogP contribution in [0.15, 0.2) is 29.3 Å². The van der Waals surface area contributed by atoms with Crippen LogP contribution in [-0.4, -0.2) is 28.9 Å². The lowest BCUT2D eigenvalue weighted by atomic mass is 9.85. The molecule has 1 aromatic carbocycles.